The number of ether oxygens (including phenoxy) is 1. The van der Waals surface area contributed by atoms with E-state index in [1.165, 1.54) is 0 Å². The molecule has 2 aromatic heterocycles. The summed E-state index contributed by atoms with van der Waals surface area (Å²) >= 11 is 0. The predicted molar refractivity (Wildman–Crippen MR) is 75.8 cm³/mol. The van der Waals surface area contributed by atoms with Crippen molar-refractivity contribution >= 4 is 11.0 Å². The van der Waals surface area contributed by atoms with Crippen LogP contribution < -0.4 is 15.6 Å². The number of nitrogens with zero attached hydrogens (tertiary/aromatic N) is 2. The van der Waals surface area contributed by atoms with Crippen molar-refractivity contribution < 1.29 is 4.74 Å². The van der Waals surface area contributed by atoms with Gasteiger partial charge in [0, 0.05) is 30.1 Å². The van der Waals surface area contributed by atoms with E-state index in [9.17, 15) is 4.79 Å². The van der Waals surface area contributed by atoms with Gasteiger partial charge < -0.3 is 10.1 Å². The molecule has 0 atom stereocenters. The highest BCUT2D eigenvalue weighted by Crippen LogP contribution is 2.17. The van der Waals surface area contributed by atoms with Crippen LogP contribution in [0.25, 0.3) is 11.0 Å². The van der Waals surface area contributed by atoms with Gasteiger partial charge in [0.2, 0.25) is 5.88 Å². The highest BCUT2D eigenvalue weighted by molar-refractivity contribution is 5.75. The summed E-state index contributed by atoms with van der Waals surface area (Å²) in [6.45, 7) is 5.24. The number of pyridine rings is 2. The van der Waals surface area contributed by atoms with Crippen molar-refractivity contribution in [1.29, 1.82) is 0 Å². The summed E-state index contributed by atoms with van der Waals surface area (Å²) in [5, 5.41) is 3.94. The molecule has 0 saturated carbocycles. The van der Waals surface area contributed by atoms with Crippen molar-refractivity contribution in [2.75, 3.05) is 20.2 Å². The molecule has 2 rings (SSSR count). The molecule has 0 saturated heterocycles. The van der Waals surface area contributed by atoms with Crippen molar-refractivity contribution in [3.05, 3.63) is 34.6 Å². The Hall–Kier alpha value is -1.88. The first-order chi connectivity index (χ1) is 9.13. The van der Waals surface area contributed by atoms with E-state index in [2.05, 4.69) is 10.3 Å². The first-order valence-corrected chi connectivity index (χ1v) is 6.43. The van der Waals surface area contributed by atoms with Crippen LogP contribution in [0.5, 0.6) is 5.88 Å². The fourth-order valence-electron chi connectivity index (χ4n) is 1.95. The van der Waals surface area contributed by atoms with Crippen molar-refractivity contribution in [3.8, 4) is 5.88 Å². The van der Waals surface area contributed by atoms with E-state index >= 15 is 0 Å². The first-order valence-electron chi connectivity index (χ1n) is 6.43. The molecule has 0 aliphatic rings. The van der Waals surface area contributed by atoms with Gasteiger partial charge in [-0.05, 0) is 33.0 Å². The topological polar surface area (TPSA) is 56.1 Å². The van der Waals surface area contributed by atoms with Crippen LogP contribution in [0, 0.1) is 0 Å². The molecule has 0 aromatic carbocycles. The average Bonchev–Trinajstić information content (AvgIpc) is 2.38. The summed E-state index contributed by atoms with van der Waals surface area (Å²) in [6, 6.07) is 7.19. The molecule has 5 heteroatoms. The van der Waals surface area contributed by atoms with Gasteiger partial charge in [-0.2, -0.15) is 4.98 Å². The number of hydrogen-bond donors (Lipinski definition) is 1. The minimum Gasteiger partial charge on any atom is -0.476 e. The molecular formula is C14H19N3O2. The summed E-state index contributed by atoms with van der Waals surface area (Å²) in [6.07, 6.45) is 0. The van der Waals surface area contributed by atoms with Crippen LogP contribution in [0.1, 0.15) is 19.9 Å². The highest BCUT2D eigenvalue weighted by Gasteiger charge is 2.08. The zero-order valence-corrected chi connectivity index (χ0v) is 11.5. The third-order valence-corrected chi connectivity index (χ3v) is 2.87. The van der Waals surface area contributed by atoms with Gasteiger partial charge in [0.05, 0.1) is 0 Å². The maximum absolute atomic E-state index is 11.9. The van der Waals surface area contributed by atoms with Crippen LogP contribution >= 0.6 is 0 Å². The lowest BCUT2D eigenvalue weighted by Crippen LogP contribution is -2.22. The molecule has 1 N–H and O–H groups in total. The lowest BCUT2D eigenvalue weighted by Gasteiger charge is -2.13. The molecule has 0 spiro atoms. The number of aromatic nitrogens is 2. The Kier molecular flexibility index (Phi) is 4.16. The summed E-state index contributed by atoms with van der Waals surface area (Å²) in [5.41, 5.74) is 0.631. The Labute approximate surface area is 112 Å². The van der Waals surface area contributed by atoms with E-state index in [-0.39, 0.29) is 11.6 Å². The summed E-state index contributed by atoms with van der Waals surface area (Å²) in [7, 11) is 1.87. The zero-order valence-electron chi connectivity index (χ0n) is 11.5. The van der Waals surface area contributed by atoms with Gasteiger partial charge >= 0.3 is 0 Å². The quantitative estimate of drug-likeness (QED) is 0.830. The molecule has 0 aliphatic heterocycles. The van der Waals surface area contributed by atoms with Gasteiger partial charge in [-0.15, -0.1) is 0 Å². The number of nitrogens with one attached hydrogen (secondary N) is 1. The molecule has 0 bridgehead atoms. The van der Waals surface area contributed by atoms with Crippen LogP contribution in [0.2, 0.25) is 0 Å². The molecule has 2 heterocycles. The Bertz CT molecular complexity index is 620. The normalized spacial score (nSPS) is 11.2. The van der Waals surface area contributed by atoms with E-state index in [1.54, 1.807) is 16.7 Å². The number of likely N-dealkylation sites (N-methyl/N-ethyl adjacent to an activating group) is 1. The van der Waals surface area contributed by atoms with Gasteiger partial charge in [-0.3, -0.25) is 9.36 Å². The predicted octanol–water partition coefficient (Wildman–Crippen LogP) is 1.58. The smallest absolute Gasteiger partial charge is 0.252 e. The third-order valence-electron chi connectivity index (χ3n) is 2.87. The van der Waals surface area contributed by atoms with Gasteiger partial charge in [0.1, 0.15) is 12.3 Å². The van der Waals surface area contributed by atoms with E-state index in [0.29, 0.717) is 18.1 Å². The minimum atomic E-state index is -0.0395. The van der Waals surface area contributed by atoms with Crippen molar-refractivity contribution in [2.45, 2.75) is 19.9 Å². The Morgan fingerprint density at radius 3 is 2.74 bits per heavy atom. The van der Waals surface area contributed by atoms with Gasteiger partial charge in [-0.25, -0.2) is 0 Å². The maximum Gasteiger partial charge on any atom is 0.252 e. The fourth-order valence-corrected chi connectivity index (χ4v) is 1.95. The fraction of sp³-hybridized carbons (Fsp3) is 0.429. The monoisotopic (exact) mass is 261 g/mol. The molecule has 102 valence electrons. The second kappa shape index (κ2) is 5.84. The molecule has 0 radical (unpaired) electrons. The molecular weight excluding hydrogens is 242 g/mol. The second-order valence-corrected chi connectivity index (χ2v) is 4.65. The molecule has 0 aliphatic carbocycles. The van der Waals surface area contributed by atoms with Crippen molar-refractivity contribution in [1.82, 2.24) is 14.9 Å². The van der Waals surface area contributed by atoms with Gasteiger partial charge in [0.15, 0.2) is 0 Å². The standard InChI is InChI=1S/C14H19N3O2/c1-10(2)17-13(18)7-5-11-4-6-12(16-14(11)17)19-9-8-15-3/h4-7,10,15H,8-9H2,1-3H3. The SMILES string of the molecule is CNCCOc1ccc2ccc(=O)n(C(C)C)c2n1. The molecule has 5 nitrogen and oxygen atoms in total. The number of fused-ring (bicyclic) bond motifs is 1. The lowest BCUT2D eigenvalue weighted by atomic mass is 10.2. The minimum absolute atomic E-state index is 0.0395. The molecule has 19 heavy (non-hydrogen) atoms. The Morgan fingerprint density at radius 2 is 2.05 bits per heavy atom. The second-order valence-electron chi connectivity index (χ2n) is 4.65. The molecule has 0 amide bonds. The molecule has 0 fully saturated rings. The molecule has 0 unspecified atom stereocenters. The first kappa shape index (κ1) is 13.5. The van der Waals surface area contributed by atoms with E-state index in [4.69, 9.17) is 4.74 Å². The van der Waals surface area contributed by atoms with E-state index < -0.39 is 0 Å². The summed E-state index contributed by atoms with van der Waals surface area (Å²) in [5.74, 6) is 0.544. The molecule has 2 aromatic rings. The van der Waals surface area contributed by atoms with Crippen molar-refractivity contribution in [2.24, 2.45) is 0 Å². The van der Waals surface area contributed by atoms with Crippen LogP contribution in [0.4, 0.5) is 0 Å². The number of rotatable bonds is 5. The van der Waals surface area contributed by atoms with Gasteiger partial charge in [0.25, 0.3) is 5.56 Å². The van der Waals surface area contributed by atoms with Crippen LogP contribution in [0.15, 0.2) is 29.1 Å². The zero-order chi connectivity index (χ0) is 13.8. The number of hydrogen-bond acceptors (Lipinski definition) is 4. The van der Waals surface area contributed by atoms with Crippen LogP contribution in [-0.4, -0.2) is 29.8 Å². The van der Waals surface area contributed by atoms with Gasteiger partial charge in [-0.1, -0.05) is 0 Å². The van der Waals surface area contributed by atoms with E-state index in [1.807, 2.05) is 33.0 Å². The lowest BCUT2D eigenvalue weighted by molar-refractivity contribution is 0.307. The van der Waals surface area contributed by atoms with Crippen LogP contribution in [-0.2, 0) is 0 Å². The van der Waals surface area contributed by atoms with E-state index in [0.717, 1.165) is 11.9 Å². The third kappa shape index (κ3) is 2.93. The summed E-state index contributed by atoms with van der Waals surface area (Å²) < 4.78 is 7.22. The van der Waals surface area contributed by atoms with Crippen molar-refractivity contribution in [3.63, 3.8) is 0 Å². The maximum atomic E-state index is 11.9. The Morgan fingerprint density at radius 1 is 1.32 bits per heavy atom. The Balaban J connectivity index is 2.44. The largest absolute Gasteiger partial charge is 0.476 e. The highest BCUT2D eigenvalue weighted by atomic mass is 16.5. The summed E-state index contributed by atoms with van der Waals surface area (Å²) in [4.78, 5) is 16.4. The van der Waals surface area contributed by atoms with Crippen LogP contribution in [0.3, 0.4) is 0 Å². The average molecular weight is 261 g/mol.